The third kappa shape index (κ3) is 5.22. The van der Waals surface area contributed by atoms with Gasteiger partial charge in [-0.05, 0) is 57.3 Å². The van der Waals surface area contributed by atoms with Crippen molar-refractivity contribution in [2.24, 2.45) is 5.92 Å². The quantitative estimate of drug-likeness (QED) is 0.830. The van der Waals surface area contributed by atoms with Crippen LogP contribution < -0.4 is 10.1 Å². The molecule has 1 N–H and O–H groups in total. The number of piperidine rings is 1. The van der Waals surface area contributed by atoms with E-state index < -0.39 is 0 Å². The molecule has 3 rings (SSSR count). The molecule has 2 saturated heterocycles. The minimum absolute atomic E-state index is 0.0131. The lowest BCUT2D eigenvalue weighted by atomic mass is 9.93. The molecule has 0 unspecified atom stereocenters. The number of nitrogens with zero attached hydrogens (tertiary/aromatic N) is 2. The molecule has 2 fully saturated rings. The summed E-state index contributed by atoms with van der Waals surface area (Å²) in [5, 5.41) is 3.36. The van der Waals surface area contributed by atoms with Gasteiger partial charge in [0.1, 0.15) is 5.75 Å². The van der Waals surface area contributed by atoms with Gasteiger partial charge in [0.25, 0.3) is 5.91 Å². The molecule has 2 aliphatic rings. The molecule has 0 saturated carbocycles. The predicted molar refractivity (Wildman–Crippen MR) is 105 cm³/mol. The fourth-order valence-corrected chi connectivity index (χ4v) is 3.91. The Bertz CT molecular complexity index is 635. The van der Waals surface area contributed by atoms with Crippen molar-refractivity contribution in [3.63, 3.8) is 0 Å². The lowest BCUT2D eigenvalue weighted by Crippen LogP contribution is -2.50. The van der Waals surface area contributed by atoms with E-state index in [0.717, 1.165) is 19.5 Å². The summed E-state index contributed by atoms with van der Waals surface area (Å²) in [4.78, 5) is 29.1. The molecule has 0 aromatic heterocycles. The van der Waals surface area contributed by atoms with Gasteiger partial charge in [0, 0.05) is 32.6 Å². The maximum absolute atomic E-state index is 12.8. The third-order valence-electron chi connectivity index (χ3n) is 5.56. The SMILES string of the molecule is CCOc1ccccc1C(=O)N1CCN(C(=O)CCC2CCNCC2)CC1. The van der Waals surface area contributed by atoms with E-state index in [1.165, 1.54) is 12.8 Å². The highest BCUT2D eigenvalue weighted by Crippen LogP contribution is 2.22. The standard InChI is InChI=1S/C21H31N3O3/c1-2-27-19-6-4-3-5-18(19)21(26)24-15-13-23(14-16-24)20(25)8-7-17-9-11-22-12-10-17/h3-6,17,22H,2,7-16H2,1H3. The number of para-hydroxylation sites is 1. The van der Waals surface area contributed by atoms with Crippen molar-refractivity contribution in [1.82, 2.24) is 15.1 Å². The van der Waals surface area contributed by atoms with Gasteiger partial charge in [-0.2, -0.15) is 0 Å². The summed E-state index contributed by atoms with van der Waals surface area (Å²) < 4.78 is 5.58. The highest BCUT2D eigenvalue weighted by Gasteiger charge is 2.26. The number of nitrogens with one attached hydrogen (secondary N) is 1. The summed E-state index contributed by atoms with van der Waals surface area (Å²) in [5.74, 6) is 1.52. The Hall–Kier alpha value is -2.08. The highest BCUT2D eigenvalue weighted by atomic mass is 16.5. The summed E-state index contributed by atoms with van der Waals surface area (Å²) >= 11 is 0. The van der Waals surface area contributed by atoms with Crippen LogP contribution in [0.5, 0.6) is 5.75 Å². The number of hydrogen-bond donors (Lipinski definition) is 1. The van der Waals surface area contributed by atoms with Crippen LogP contribution in [0.3, 0.4) is 0 Å². The van der Waals surface area contributed by atoms with Crippen LogP contribution in [0.15, 0.2) is 24.3 Å². The molecule has 1 aromatic rings. The van der Waals surface area contributed by atoms with Crippen molar-refractivity contribution in [2.75, 3.05) is 45.9 Å². The van der Waals surface area contributed by atoms with E-state index >= 15 is 0 Å². The highest BCUT2D eigenvalue weighted by molar-refractivity contribution is 5.97. The fourth-order valence-electron chi connectivity index (χ4n) is 3.91. The second-order valence-electron chi connectivity index (χ2n) is 7.33. The van der Waals surface area contributed by atoms with E-state index in [1.807, 2.05) is 41.0 Å². The molecule has 0 bridgehead atoms. The predicted octanol–water partition coefficient (Wildman–Crippen LogP) is 2.15. The van der Waals surface area contributed by atoms with Crippen LogP contribution in [-0.4, -0.2) is 67.5 Å². The second-order valence-corrected chi connectivity index (χ2v) is 7.33. The van der Waals surface area contributed by atoms with Gasteiger partial charge >= 0.3 is 0 Å². The van der Waals surface area contributed by atoms with Gasteiger partial charge in [-0.3, -0.25) is 9.59 Å². The van der Waals surface area contributed by atoms with Gasteiger partial charge in [-0.1, -0.05) is 12.1 Å². The minimum atomic E-state index is -0.0131. The molecule has 148 valence electrons. The van der Waals surface area contributed by atoms with Crippen molar-refractivity contribution < 1.29 is 14.3 Å². The van der Waals surface area contributed by atoms with E-state index in [4.69, 9.17) is 4.74 Å². The van der Waals surface area contributed by atoms with E-state index in [9.17, 15) is 9.59 Å². The normalized spacial score (nSPS) is 18.4. The zero-order chi connectivity index (χ0) is 19.1. The second kappa shape index (κ2) is 9.74. The molecule has 6 heteroatoms. The van der Waals surface area contributed by atoms with Gasteiger partial charge in [0.05, 0.1) is 12.2 Å². The molecule has 2 amide bonds. The largest absolute Gasteiger partial charge is 0.493 e. The van der Waals surface area contributed by atoms with Crippen molar-refractivity contribution in [3.05, 3.63) is 29.8 Å². The van der Waals surface area contributed by atoms with Crippen molar-refractivity contribution in [1.29, 1.82) is 0 Å². The first-order valence-corrected chi connectivity index (χ1v) is 10.2. The first kappa shape index (κ1) is 19.7. The van der Waals surface area contributed by atoms with Crippen LogP contribution in [-0.2, 0) is 4.79 Å². The average Bonchev–Trinajstić information content (AvgIpc) is 2.73. The molecule has 0 aliphatic carbocycles. The molecule has 27 heavy (non-hydrogen) atoms. The first-order valence-electron chi connectivity index (χ1n) is 10.2. The van der Waals surface area contributed by atoms with Gasteiger partial charge in [-0.25, -0.2) is 0 Å². The summed E-state index contributed by atoms with van der Waals surface area (Å²) in [7, 11) is 0. The van der Waals surface area contributed by atoms with Crippen molar-refractivity contribution in [3.8, 4) is 5.75 Å². The number of rotatable bonds is 6. The topological polar surface area (TPSA) is 61.9 Å². The summed E-state index contributed by atoms with van der Waals surface area (Å²) in [6.07, 6.45) is 3.97. The number of carbonyl (C=O) groups is 2. The van der Waals surface area contributed by atoms with Gasteiger partial charge in [0.15, 0.2) is 0 Å². The summed E-state index contributed by atoms with van der Waals surface area (Å²) in [6, 6.07) is 7.37. The molecule has 0 radical (unpaired) electrons. The first-order chi connectivity index (χ1) is 13.2. The van der Waals surface area contributed by atoms with Crippen molar-refractivity contribution in [2.45, 2.75) is 32.6 Å². The molecule has 6 nitrogen and oxygen atoms in total. The van der Waals surface area contributed by atoms with Gasteiger partial charge in [-0.15, -0.1) is 0 Å². The van der Waals surface area contributed by atoms with Crippen LogP contribution in [0.2, 0.25) is 0 Å². The van der Waals surface area contributed by atoms with Crippen LogP contribution in [0, 0.1) is 5.92 Å². The molecule has 2 heterocycles. The van der Waals surface area contributed by atoms with Crippen LogP contribution in [0.25, 0.3) is 0 Å². The molecule has 1 aromatic carbocycles. The van der Waals surface area contributed by atoms with E-state index in [-0.39, 0.29) is 11.8 Å². The Balaban J connectivity index is 1.48. The number of amides is 2. The van der Waals surface area contributed by atoms with E-state index in [1.54, 1.807) is 0 Å². The zero-order valence-electron chi connectivity index (χ0n) is 16.3. The average molecular weight is 373 g/mol. The van der Waals surface area contributed by atoms with Crippen LogP contribution in [0.4, 0.5) is 0 Å². The van der Waals surface area contributed by atoms with Gasteiger partial charge < -0.3 is 19.9 Å². The Labute approximate surface area is 161 Å². The smallest absolute Gasteiger partial charge is 0.257 e. The monoisotopic (exact) mass is 373 g/mol. The molecule has 0 atom stereocenters. The third-order valence-corrected chi connectivity index (χ3v) is 5.56. The van der Waals surface area contributed by atoms with E-state index in [0.29, 0.717) is 56.4 Å². The molecular formula is C21H31N3O3. The summed E-state index contributed by atoms with van der Waals surface area (Å²) in [5.41, 5.74) is 0.602. The number of piperazine rings is 1. The zero-order valence-corrected chi connectivity index (χ0v) is 16.3. The fraction of sp³-hybridized carbons (Fsp3) is 0.619. The molecule has 2 aliphatic heterocycles. The Morgan fingerprint density at radius 2 is 1.74 bits per heavy atom. The Morgan fingerprint density at radius 3 is 2.44 bits per heavy atom. The lowest BCUT2D eigenvalue weighted by molar-refractivity contribution is -0.133. The van der Waals surface area contributed by atoms with Gasteiger partial charge in [0.2, 0.25) is 5.91 Å². The van der Waals surface area contributed by atoms with Crippen molar-refractivity contribution >= 4 is 11.8 Å². The Kier molecular flexibility index (Phi) is 7.10. The number of benzene rings is 1. The number of carbonyl (C=O) groups excluding carboxylic acids is 2. The van der Waals surface area contributed by atoms with Crippen LogP contribution in [0.1, 0.15) is 43.0 Å². The maximum atomic E-state index is 12.8. The number of hydrogen-bond acceptors (Lipinski definition) is 4. The van der Waals surface area contributed by atoms with E-state index in [2.05, 4.69) is 5.32 Å². The number of ether oxygens (including phenoxy) is 1. The molecular weight excluding hydrogens is 342 g/mol. The lowest BCUT2D eigenvalue weighted by Gasteiger charge is -2.35. The minimum Gasteiger partial charge on any atom is -0.493 e. The molecule has 0 spiro atoms. The Morgan fingerprint density at radius 1 is 1.07 bits per heavy atom. The maximum Gasteiger partial charge on any atom is 0.257 e. The van der Waals surface area contributed by atoms with Crippen LogP contribution >= 0.6 is 0 Å². The summed E-state index contributed by atoms with van der Waals surface area (Å²) in [6.45, 7) is 6.99.